The van der Waals surface area contributed by atoms with Crippen LogP contribution in [-0.2, 0) is 17.9 Å². The highest BCUT2D eigenvalue weighted by Crippen LogP contribution is 2.08. The van der Waals surface area contributed by atoms with Crippen LogP contribution in [0, 0.1) is 5.92 Å². The second-order valence-corrected chi connectivity index (χ2v) is 3.17. The summed E-state index contributed by atoms with van der Waals surface area (Å²) in [6.07, 6.45) is 1.70. The SMILES string of the molecule is O=C(O)C1CNCc2ccnn2C1. The summed E-state index contributed by atoms with van der Waals surface area (Å²) < 4.78 is 1.75. The molecule has 0 bridgehead atoms. The summed E-state index contributed by atoms with van der Waals surface area (Å²) in [6, 6.07) is 1.90. The lowest BCUT2D eigenvalue weighted by atomic mass is 10.1. The van der Waals surface area contributed by atoms with Crippen LogP contribution in [0.2, 0.25) is 0 Å². The molecule has 1 aliphatic rings. The predicted octanol–water partition coefficient (Wildman–Crippen LogP) is -0.313. The number of hydrogen-bond acceptors (Lipinski definition) is 3. The molecule has 0 radical (unpaired) electrons. The fourth-order valence-electron chi connectivity index (χ4n) is 1.49. The van der Waals surface area contributed by atoms with E-state index in [1.54, 1.807) is 10.9 Å². The zero-order valence-electron chi connectivity index (χ0n) is 7.10. The molecule has 0 saturated heterocycles. The van der Waals surface area contributed by atoms with E-state index in [4.69, 9.17) is 5.11 Å². The first-order chi connectivity index (χ1) is 6.27. The Morgan fingerprint density at radius 2 is 2.62 bits per heavy atom. The maximum absolute atomic E-state index is 10.8. The van der Waals surface area contributed by atoms with Gasteiger partial charge in [0, 0.05) is 19.3 Å². The third kappa shape index (κ3) is 1.55. The van der Waals surface area contributed by atoms with E-state index >= 15 is 0 Å². The normalized spacial score (nSPS) is 22.0. The lowest BCUT2D eigenvalue weighted by Gasteiger charge is -2.08. The Morgan fingerprint density at radius 1 is 1.77 bits per heavy atom. The summed E-state index contributed by atoms with van der Waals surface area (Å²) in [7, 11) is 0. The molecule has 0 aromatic carbocycles. The second-order valence-electron chi connectivity index (χ2n) is 3.17. The molecule has 1 aromatic rings. The Hall–Kier alpha value is -1.36. The maximum Gasteiger partial charge on any atom is 0.309 e. The van der Waals surface area contributed by atoms with Gasteiger partial charge in [-0.1, -0.05) is 0 Å². The average molecular weight is 181 g/mol. The van der Waals surface area contributed by atoms with E-state index in [0.717, 1.165) is 5.69 Å². The maximum atomic E-state index is 10.8. The van der Waals surface area contributed by atoms with Crippen LogP contribution in [0.5, 0.6) is 0 Å². The standard InChI is InChI=1S/C8H11N3O2/c12-8(13)6-3-9-4-7-1-2-10-11(7)5-6/h1-2,6,9H,3-5H2,(H,12,13). The van der Waals surface area contributed by atoms with Crippen molar-refractivity contribution in [3.05, 3.63) is 18.0 Å². The molecule has 5 heteroatoms. The van der Waals surface area contributed by atoms with E-state index in [1.165, 1.54) is 0 Å². The summed E-state index contributed by atoms with van der Waals surface area (Å²) in [5, 5.41) is 16.0. The number of nitrogens with one attached hydrogen (secondary N) is 1. The fourth-order valence-corrected chi connectivity index (χ4v) is 1.49. The number of nitrogens with zero attached hydrogens (tertiary/aromatic N) is 2. The minimum Gasteiger partial charge on any atom is -0.481 e. The van der Waals surface area contributed by atoms with Gasteiger partial charge in [-0.2, -0.15) is 5.10 Å². The molecule has 0 spiro atoms. The first-order valence-corrected chi connectivity index (χ1v) is 4.21. The summed E-state index contributed by atoms with van der Waals surface area (Å²) in [6.45, 7) is 1.67. The van der Waals surface area contributed by atoms with Crippen LogP contribution >= 0.6 is 0 Å². The number of aliphatic carboxylic acids is 1. The molecule has 1 atom stereocenters. The van der Waals surface area contributed by atoms with Crippen LogP contribution in [0.1, 0.15) is 5.69 Å². The summed E-state index contributed by atoms with van der Waals surface area (Å²) >= 11 is 0. The van der Waals surface area contributed by atoms with Gasteiger partial charge >= 0.3 is 5.97 Å². The number of carboxylic acids is 1. The molecule has 2 rings (SSSR count). The van der Waals surface area contributed by atoms with E-state index in [0.29, 0.717) is 19.6 Å². The highest BCUT2D eigenvalue weighted by molar-refractivity contribution is 5.70. The van der Waals surface area contributed by atoms with Gasteiger partial charge in [0.2, 0.25) is 0 Å². The van der Waals surface area contributed by atoms with Gasteiger partial charge in [-0.15, -0.1) is 0 Å². The van der Waals surface area contributed by atoms with Crippen molar-refractivity contribution >= 4 is 5.97 Å². The van der Waals surface area contributed by atoms with Crippen LogP contribution in [0.3, 0.4) is 0 Å². The van der Waals surface area contributed by atoms with E-state index in [2.05, 4.69) is 10.4 Å². The van der Waals surface area contributed by atoms with Crippen molar-refractivity contribution in [1.29, 1.82) is 0 Å². The number of carboxylic acid groups (broad SMARTS) is 1. The van der Waals surface area contributed by atoms with Crippen LogP contribution < -0.4 is 5.32 Å². The van der Waals surface area contributed by atoms with E-state index in [9.17, 15) is 4.79 Å². The molecule has 5 nitrogen and oxygen atoms in total. The van der Waals surface area contributed by atoms with Crippen molar-refractivity contribution in [2.75, 3.05) is 6.54 Å². The van der Waals surface area contributed by atoms with Gasteiger partial charge < -0.3 is 10.4 Å². The van der Waals surface area contributed by atoms with Crippen LogP contribution in [0.15, 0.2) is 12.3 Å². The monoisotopic (exact) mass is 181 g/mol. The minimum atomic E-state index is -0.768. The largest absolute Gasteiger partial charge is 0.481 e. The molecule has 0 amide bonds. The second kappa shape index (κ2) is 3.18. The lowest BCUT2D eigenvalue weighted by molar-refractivity contribution is -0.142. The Balaban J connectivity index is 2.21. The van der Waals surface area contributed by atoms with Gasteiger partial charge in [0.1, 0.15) is 0 Å². The highest BCUT2D eigenvalue weighted by Gasteiger charge is 2.21. The van der Waals surface area contributed by atoms with E-state index in [1.807, 2.05) is 6.07 Å². The van der Waals surface area contributed by atoms with Gasteiger partial charge in [0.25, 0.3) is 0 Å². The van der Waals surface area contributed by atoms with Crippen molar-refractivity contribution in [2.24, 2.45) is 5.92 Å². The highest BCUT2D eigenvalue weighted by atomic mass is 16.4. The average Bonchev–Trinajstić information content (AvgIpc) is 2.42. The first-order valence-electron chi connectivity index (χ1n) is 4.21. The van der Waals surface area contributed by atoms with Gasteiger partial charge in [-0.05, 0) is 6.07 Å². The van der Waals surface area contributed by atoms with Crippen LogP contribution in [-0.4, -0.2) is 27.4 Å². The van der Waals surface area contributed by atoms with Crippen LogP contribution in [0.25, 0.3) is 0 Å². The molecule has 1 unspecified atom stereocenters. The Kier molecular flexibility index (Phi) is 2.02. The van der Waals surface area contributed by atoms with Crippen molar-refractivity contribution < 1.29 is 9.90 Å². The number of rotatable bonds is 1. The summed E-state index contributed by atoms with van der Waals surface area (Å²) in [5.41, 5.74) is 1.05. The molecule has 2 heterocycles. The topological polar surface area (TPSA) is 67.2 Å². The summed E-state index contributed by atoms with van der Waals surface area (Å²) in [4.78, 5) is 10.8. The van der Waals surface area contributed by atoms with Gasteiger partial charge in [0.05, 0.1) is 18.2 Å². The Bertz CT molecular complexity index is 321. The van der Waals surface area contributed by atoms with Crippen molar-refractivity contribution in [3.63, 3.8) is 0 Å². The lowest BCUT2D eigenvalue weighted by Crippen LogP contribution is -2.28. The molecule has 0 aliphatic carbocycles. The number of aromatic nitrogens is 2. The number of hydrogen-bond donors (Lipinski definition) is 2. The molecule has 70 valence electrons. The first kappa shape index (κ1) is 8.25. The Morgan fingerprint density at radius 3 is 3.38 bits per heavy atom. The van der Waals surface area contributed by atoms with Gasteiger partial charge in [-0.25, -0.2) is 0 Å². The molecule has 13 heavy (non-hydrogen) atoms. The van der Waals surface area contributed by atoms with Crippen molar-refractivity contribution in [3.8, 4) is 0 Å². The molecule has 1 aromatic heterocycles. The zero-order chi connectivity index (χ0) is 9.26. The molecular formula is C8H11N3O2. The molecule has 2 N–H and O–H groups in total. The van der Waals surface area contributed by atoms with Gasteiger partial charge in [0.15, 0.2) is 0 Å². The van der Waals surface area contributed by atoms with E-state index < -0.39 is 5.97 Å². The van der Waals surface area contributed by atoms with Gasteiger partial charge in [-0.3, -0.25) is 9.48 Å². The number of fused-ring (bicyclic) bond motifs is 1. The predicted molar refractivity (Wildman–Crippen MR) is 45.1 cm³/mol. The third-order valence-electron chi connectivity index (χ3n) is 2.24. The van der Waals surface area contributed by atoms with Crippen molar-refractivity contribution in [2.45, 2.75) is 13.1 Å². The molecule has 1 aliphatic heterocycles. The summed E-state index contributed by atoms with van der Waals surface area (Å²) in [5.74, 6) is -1.14. The van der Waals surface area contributed by atoms with Crippen LogP contribution in [0.4, 0.5) is 0 Å². The number of carbonyl (C=O) groups is 1. The van der Waals surface area contributed by atoms with Crippen molar-refractivity contribution in [1.82, 2.24) is 15.1 Å². The fraction of sp³-hybridized carbons (Fsp3) is 0.500. The zero-order valence-corrected chi connectivity index (χ0v) is 7.10. The molecule has 0 saturated carbocycles. The smallest absolute Gasteiger partial charge is 0.309 e. The van der Waals surface area contributed by atoms with E-state index in [-0.39, 0.29) is 5.92 Å². The molecular weight excluding hydrogens is 170 g/mol. The molecule has 0 fully saturated rings. The minimum absolute atomic E-state index is 0.374. The third-order valence-corrected chi connectivity index (χ3v) is 2.24. The quantitative estimate of drug-likeness (QED) is 0.623. The Labute approximate surface area is 75.4 Å².